The van der Waals surface area contributed by atoms with Gasteiger partial charge in [-0.1, -0.05) is 0 Å². The van der Waals surface area contributed by atoms with Crippen molar-refractivity contribution in [3.8, 4) is 0 Å². The minimum atomic E-state index is 0.370. The van der Waals surface area contributed by atoms with Crippen LogP contribution in [0.15, 0.2) is 23.7 Å². The van der Waals surface area contributed by atoms with Gasteiger partial charge in [0.25, 0.3) is 0 Å². The molecule has 0 aromatic carbocycles. The quantitative estimate of drug-likeness (QED) is 0.881. The van der Waals surface area contributed by atoms with E-state index >= 15 is 0 Å². The van der Waals surface area contributed by atoms with E-state index in [-0.39, 0.29) is 0 Å². The number of likely N-dealkylation sites (N-methyl/N-ethyl adjacent to an activating group) is 1. The van der Waals surface area contributed by atoms with E-state index in [1.165, 1.54) is 10.4 Å². The van der Waals surface area contributed by atoms with Crippen LogP contribution in [0.5, 0.6) is 0 Å². The summed E-state index contributed by atoms with van der Waals surface area (Å²) in [5.41, 5.74) is 2.50. The fourth-order valence-corrected chi connectivity index (χ4v) is 2.89. The number of hydrogen-bond acceptors (Lipinski definition) is 3. The number of aromatic nitrogens is 2. The zero-order valence-electron chi connectivity index (χ0n) is 9.90. The number of aryl methyl sites for hydroxylation is 2. The second-order valence-electron chi connectivity index (χ2n) is 3.99. The van der Waals surface area contributed by atoms with Crippen molar-refractivity contribution in [3.63, 3.8) is 0 Å². The summed E-state index contributed by atoms with van der Waals surface area (Å²) >= 11 is 1.81. The van der Waals surface area contributed by atoms with Gasteiger partial charge in [0.15, 0.2) is 0 Å². The number of thiophene rings is 1. The molecule has 0 amide bonds. The average molecular weight is 235 g/mol. The summed E-state index contributed by atoms with van der Waals surface area (Å²) in [6.45, 7) is 2.16. The Bertz CT molecular complexity index is 458. The first-order valence-electron chi connectivity index (χ1n) is 5.40. The maximum absolute atomic E-state index is 4.42. The molecule has 0 saturated carbocycles. The van der Waals surface area contributed by atoms with Crippen LogP contribution in [0.1, 0.15) is 22.2 Å². The monoisotopic (exact) mass is 235 g/mol. The fraction of sp³-hybridized carbons (Fsp3) is 0.417. The first kappa shape index (κ1) is 11.4. The number of nitrogens with zero attached hydrogens (tertiary/aromatic N) is 2. The van der Waals surface area contributed by atoms with E-state index in [4.69, 9.17) is 0 Å². The summed E-state index contributed by atoms with van der Waals surface area (Å²) in [6, 6.07) is 4.62. The highest BCUT2D eigenvalue weighted by Gasteiger charge is 2.14. The summed E-state index contributed by atoms with van der Waals surface area (Å²) in [4.78, 5) is 1.41. The van der Waals surface area contributed by atoms with Gasteiger partial charge in [0.2, 0.25) is 0 Å². The molecular formula is C12H17N3S. The van der Waals surface area contributed by atoms with Crippen molar-refractivity contribution >= 4 is 11.3 Å². The Hall–Kier alpha value is -1.13. The largest absolute Gasteiger partial charge is 0.312 e. The van der Waals surface area contributed by atoms with E-state index in [1.54, 1.807) is 0 Å². The summed E-state index contributed by atoms with van der Waals surface area (Å²) < 4.78 is 1.85. The van der Waals surface area contributed by atoms with E-state index in [2.05, 4.69) is 34.9 Å². The lowest BCUT2D eigenvalue weighted by atomic mass is 10.1. The van der Waals surface area contributed by atoms with Crippen molar-refractivity contribution in [1.82, 2.24) is 15.1 Å². The van der Waals surface area contributed by atoms with Crippen LogP contribution < -0.4 is 5.32 Å². The molecule has 0 bridgehead atoms. The highest BCUT2D eigenvalue weighted by Crippen LogP contribution is 2.25. The molecule has 0 fully saturated rings. The SMILES string of the molecule is CNC(Cc1ccn(C)n1)c1sccc1C. The molecule has 16 heavy (non-hydrogen) atoms. The van der Waals surface area contributed by atoms with Gasteiger partial charge in [0, 0.05) is 30.6 Å². The van der Waals surface area contributed by atoms with Gasteiger partial charge in [0.1, 0.15) is 0 Å². The lowest BCUT2D eigenvalue weighted by Crippen LogP contribution is -2.18. The van der Waals surface area contributed by atoms with Gasteiger partial charge >= 0.3 is 0 Å². The summed E-state index contributed by atoms with van der Waals surface area (Å²) in [6.07, 6.45) is 2.93. The molecule has 1 unspecified atom stereocenters. The minimum absolute atomic E-state index is 0.370. The van der Waals surface area contributed by atoms with E-state index < -0.39 is 0 Å². The lowest BCUT2D eigenvalue weighted by molar-refractivity contribution is 0.584. The molecule has 0 aliphatic heterocycles. The Labute approximate surface area is 100 Å². The topological polar surface area (TPSA) is 29.9 Å². The Kier molecular flexibility index (Phi) is 3.41. The summed E-state index contributed by atoms with van der Waals surface area (Å²) in [7, 11) is 3.96. The van der Waals surface area contributed by atoms with Gasteiger partial charge < -0.3 is 5.32 Å². The predicted octanol–water partition coefficient (Wildman–Crippen LogP) is 2.29. The van der Waals surface area contributed by atoms with Crippen LogP contribution >= 0.6 is 11.3 Å². The van der Waals surface area contributed by atoms with Crippen molar-refractivity contribution < 1.29 is 0 Å². The van der Waals surface area contributed by atoms with E-state index in [1.807, 2.05) is 36.3 Å². The minimum Gasteiger partial charge on any atom is -0.312 e. The third kappa shape index (κ3) is 2.33. The molecule has 0 aliphatic carbocycles. The Morgan fingerprint density at radius 2 is 2.31 bits per heavy atom. The first-order valence-corrected chi connectivity index (χ1v) is 6.28. The maximum Gasteiger partial charge on any atom is 0.0643 e. The van der Waals surface area contributed by atoms with Gasteiger partial charge in [-0.2, -0.15) is 5.10 Å². The fourth-order valence-electron chi connectivity index (χ4n) is 1.85. The van der Waals surface area contributed by atoms with Crippen LogP contribution in [0.2, 0.25) is 0 Å². The highest BCUT2D eigenvalue weighted by atomic mass is 32.1. The normalized spacial score (nSPS) is 12.9. The highest BCUT2D eigenvalue weighted by molar-refractivity contribution is 7.10. The smallest absolute Gasteiger partial charge is 0.0643 e. The molecule has 4 heteroatoms. The van der Waals surface area contributed by atoms with Crippen molar-refractivity contribution in [2.75, 3.05) is 7.05 Å². The second kappa shape index (κ2) is 4.80. The molecule has 0 spiro atoms. The zero-order valence-corrected chi connectivity index (χ0v) is 10.7. The molecule has 0 aliphatic rings. The molecule has 0 saturated heterocycles. The number of hydrogen-bond donors (Lipinski definition) is 1. The third-order valence-electron chi connectivity index (χ3n) is 2.75. The summed E-state index contributed by atoms with van der Waals surface area (Å²) in [5, 5.41) is 9.93. The molecular weight excluding hydrogens is 218 g/mol. The van der Waals surface area contributed by atoms with Crippen molar-refractivity contribution in [1.29, 1.82) is 0 Å². The van der Waals surface area contributed by atoms with Crippen molar-refractivity contribution in [3.05, 3.63) is 39.8 Å². The summed E-state index contributed by atoms with van der Waals surface area (Å²) in [5.74, 6) is 0. The second-order valence-corrected chi connectivity index (χ2v) is 4.94. The zero-order chi connectivity index (χ0) is 11.5. The predicted molar refractivity (Wildman–Crippen MR) is 67.8 cm³/mol. The molecule has 2 heterocycles. The number of nitrogens with one attached hydrogen (secondary N) is 1. The van der Waals surface area contributed by atoms with Gasteiger partial charge in [-0.25, -0.2) is 0 Å². The molecule has 1 atom stereocenters. The van der Waals surface area contributed by atoms with Gasteiger partial charge in [-0.05, 0) is 37.0 Å². The van der Waals surface area contributed by atoms with E-state index in [0.29, 0.717) is 6.04 Å². The number of rotatable bonds is 4. The van der Waals surface area contributed by atoms with Gasteiger partial charge in [0.05, 0.1) is 5.69 Å². The molecule has 3 nitrogen and oxygen atoms in total. The van der Waals surface area contributed by atoms with Crippen LogP contribution in [0, 0.1) is 6.92 Å². The van der Waals surface area contributed by atoms with E-state index in [9.17, 15) is 0 Å². The van der Waals surface area contributed by atoms with Gasteiger partial charge in [-0.3, -0.25) is 4.68 Å². The van der Waals surface area contributed by atoms with Crippen LogP contribution in [-0.2, 0) is 13.5 Å². The Morgan fingerprint density at radius 3 is 2.81 bits per heavy atom. The maximum atomic E-state index is 4.42. The molecule has 2 aromatic heterocycles. The van der Waals surface area contributed by atoms with Crippen molar-refractivity contribution in [2.45, 2.75) is 19.4 Å². The van der Waals surface area contributed by atoms with Crippen LogP contribution in [0.3, 0.4) is 0 Å². The molecule has 2 rings (SSSR count). The van der Waals surface area contributed by atoms with Crippen LogP contribution in [0.4, 0.5) is 0 Å². The molecule has 86 valence electrons. The first-order chi connectivity index (χ1) is 7.70. The molecule has 1 N–H and O–H groups in total. The lowest BCUT2D eigenvalue weighted by Gasteiger charge is -2.14. The van der Waals surface area contributed by atoms with Crippen molar-refractivity contribution in [2.24, 2.45) is 7.05 Å². The van der Waals surface area contributed by atoms with E-state index in [0.717, 1.165) is 12.1 Å². The van der Waals surface area contributed by atoms with Crippen LogP contribution in [0.25, 0.3) is 0 Å². The molecule has 2 aromatic rings. The standard InChI is InChI=1S/C12H17N3S/c1-9-5-7-16-12(9)11(13-2)8-10-4-6-15(3)14-10/h4-7,11,13H,8H2,1-3H3. The van der Waals surface area contributed by atoms with Crippen LogP contribution in [-0.4, -0.2) is 16.8 Å². The Morgan fingerprint density at radius 1 is 1.50 bits per heavy atom. The third-order valence-corrected chi connectivity index (χ3v) is 3.88. The average Bonchev–Trinajstić information content (AvgIpc) is 2.84. The molecule has 0 radical (unpaired) electrons. The van der Waals surface area contributed by atoms with Gasteiger partial charge in [-0.15, -0.1) is 11.3 Å². The Balaban J connectivity index is 2.15.